The summed E-state index contributed by atoms with van der Waals surface area (Å²) in [5.41, 5.74) is 0.801. The molecule has 0 heterocycles. The summed E-state index contributed by atoms with van der Waals surface area (Å²) in [6, 6.07) is 5.00. The highest BCUT2D eigenvalue weighted by atomic mass is 35.5. The molecule has 0 unspecified atom stereocenters. The molecule has 0 aromatic heterocycles. The van der Waals surface area contributed by atoms with Crippen LogP contribution >= 0.6 is 11.6 Å². The van der Waals surface area contributed by atoms with Gasteiger partial charge in [-0.2, -0.15) is 0 Å². The number of hydrogen-bond acceptors (Lipinski definition) is 5. The summed E-state index contributed by atoms with van der Waals surface area (Å²) in [6.07, 6.45) is 5.36. The molecule has 0 amide bonds. The highest BCUT2D eigenvalue weighted by Gasteiger charge is 2.10. The van der Waals surface area contributed by atoms with Gasteiger partial charge in [0.25, 0.3) is 0 Å². The lowest BCUT2D eigenvalue weighted by Crippen LogP contribution is -2.10. The van der Waals surface area contributed by atoms with Gasteiger partial charge in [-0.25, -0.2) is 4.79 Å². The number of allylic oxidation sites excluding steroid dienone is 3. The fourth-order valence-electron chi connectivity index (χ4n) is 1.41. The molecule has 0 aliphatic carbocycles. The molecule has 0 N–H and O–H groups in total. The number of carbonyl (C=O) groups excluding carboxylic acids is 2. The van der Waals surface area contributed by atoms with Crippen LogP contribution in [0.4, 0.5) is 4.79 Å². The number of ether oxygens (including phenoxy) is 3. The molecule has 0 saturated heterocycles. The Morgan fingerprint density at radius 2 is 2.00 bits per heavy atom. The summed E-state index contributed by atoms with van der Waals surface area (Å²) in [5.74, 6) is 0.655. The van der Waals surface area contributed by atoms with Crippen LogP contribution in [-0.2, 0) is 9.53 Å². The number of benzene rings is 1. The zero-order chi connectivity index (χ0) is 15.7. The van der Waals surface area contributed by atoms with Crippen molar-refractivity contribution in [3.8, 4) is 11.5 Å². The van der Waals surface area contributed by atoms with Crippen molar-refractivity contribution in [2.75, 3.05) is 13.7 Å². The Kier molecular flexibility index (Phi) is 7.04. The summed E-state index contributed by atoms with van der Waals surface area (Å²) in [7, 11) is 1.47. The second-order valence-electron chi connectivity index (χ2n) is 3.72. The van der Waals surface area contributed by atoms with E-state index in [2.05, 4.69) is 0 Å². The van der Waals surface area contributed by atoms with E-state index < -0.39 is 11.4 Å². The van der Waals surface area contributed by atoms with Crippen LogP contribution in [0.2, 0.25) is 0 Å². The standard InChI is InChI=1S/C15H15ClO5/c1-3-20-15(18)21-12-9-8-11(10-13(12)19-2)6-4-5-7-14(16)17/h4-10H,3H2,1-2H3. The second-order valence-corrected chi connectivity index (χ2v) is 4.09. The van der Waals surface area contributed by atoms with Crippen molar-refractivity contribution >= 4 is 29.1 Å². The molecule has 0 aliphatic heterocycles. The SMILES string of the molecule is CCOC(=O)Oc1ccc(C=CC=CC(=O)Cl)cc1OC. The van der Waals surface area contributed by atoms with Gasteiger partial charge < -0.3 is 14.2 Å². The van der Waals surface area contributed by atoms with Crippen LogP contribution < -0.4 is 9.47 Å². The fourth-order valence-corrected chi connectivity index (χ4v) is 1.48. The molecule has 0 atom stereocenters. The lowest BCUT2D eigenvalue weighted by molar-refractivity contribution is -0.107. The fraction of sp³-hybridized carbons (Fsp3) is 0.200. The predicted molar refractivity (Wildman–Crippen MR) is 79.7 cm³/mol. The topological polar surface area (TPSA) is 61.8 Å². The van der Waals surface area contributed by atoms with Crippen LogP contribution in [-0.4, -0.2) is 25.1 Å². The van der Waals surface area contributed by atoms with Crippen molar-refractivity contribution in [1.29, 1.82) is 0 Å². The van der Waals surface area contributed by atoms with E-state index in [1.807, 2.05) is 0 Å². The van der Waals surface area contributed by atoms with Crippen LogP contribution in [0.3, 0.4) is 0 Å². The van der Waals surface area contributed by atoms with Gasteiger partial charge in [0.1, 0.15) is 0 Å². The molecule has 1 rings (SSSR count). The number of rotatable bonds is 6. The summed E-state index contributed by atoms with van der Waals surface area (Å²) in [5, 5.41) is -0.546. The first kappa shape index (κ1) is 16.8. The van der Waals surface area contributed by atoms with Crippen LogP contribution in [0.15, 0.2) is 36.4 Å². The number of halogens is 1. The van der Waals surface area contributed by atoms with Gasteiger partial charge in [-0.15, -0.1) is 0 Å². The van der Waals surface area contributed by atoms with E-state index >= 15 is 0 Å². The molecular formula is C15H15ClO5. The summed E-state index contributed by atoms with van der Waals surface area (Å²) in [4.78, 5) is 21.8. The second kappa shape index (κ2) is 8.81. The van der Waals surface area contributed by atoms with E-state index in [0.717, 1.165) is 5.56 Å². The number of hydrogen-bond donors (Lipinski definition) is 0. The van der Waals surface area contributed by atoms with Crippen molar-refractivity contribution in [2.24, 2.45) is 0 Å². The Bertz CT molecular complexity index is 563. The van der Waals surface area contributed by atoms with Crippen molar-refractivity contribution < 1.29 is 23.8 Å². The van der Waals surface area contributed by atoms with E-state index in [1.165, 1.54) is 19.3 Å². The van der Waals surface area contributed by atoms with E-state index in [1.54, 1.807) is 37.3 Å². The maximum absolute atomic E-state index is 11.3. The average molecular weight is 311 g/mol. The van der Waals surface area contributed by atoms with Gasteiger partial charge in [0.2, 0.25) is 5.24 Å². The van der Waals surface area contributed by atoms with Gasteiger partial charge in [-0.1, -0.05) is 24.3 Å². The molecule has 112 valence electrons. The first-order valence-electron chi connectivity index (χ1n) is 6.13. The van der Waals surface area contributed by atoms with Crippen molar-refractivity contribution in [1.82, 2.24) is 0 Å². The van der Waals surface area contributed by atoms with Crippen LogP contribution in [0.25, 0.3) is 6.08 Å². The van der Waals surface area contributed by atoms with Gasteiger partial charge >= 0.3 is 6.16 Å². The van der Waals surface area contributed by atoms with Gasteiger partial charge in [0.15, 0.2) is 11.5 Å². The normalized spacial score (nSPS) is 10.8. The summed E-state index contributed by atoms with van der Waals surface area (Å²) >= 11 is 5.16. The lowest BCUT2D eigenvalue weighted by Gasteiger charge is -2.09. The Balaban J connectivity index is 2.83. The minimum Gasteiger partial charge on any atom is -0.493 e. The molecule has 1 aromatic carbocycles. The molecule has 0 radical (unpaired) electrons. The highest BCUT2D eigenvalue weighted by Crippen LogP contribution is 2.28. The van der Waals surface area contributed by atoms with Gasteiger partial charge in [0.05, 0.1) is 13.7 Å². The van der Waals surface area contributed by atoms with Crippen LogP contribution in [0, 0.1) is 0 Å². The van der Waals surface area contributed by atoms with Crippen molar-refractivity contribution in [3.63, 3.8) is 0 Å². The quantitative estimate of drug-likeness (QED) is 0.264. The van der Waals surface area contributed by atoms with Crippen molar-refractivity contribution in [2.45, 2.75) is 6.92 Å². The van der Waals surface area contributed by atoms with E-state index in [-0.39, 0.29) is 12.4 Å². The number of methoxy groups -OCH3 is 1. The van der Waals surface area contributed by atoms with Gasteiger partial charge in [0, 0.05) is 0 Å². The van der Waals surface area contributed by atoms with Gasteiger partial charge in [-0.05, 0) is 42.3 Å². The van der Waals surface area contributed by atoms with Crippen LogP contribution in [0.5, 0.6) is 11.5 Å². The highest BCUT2D eigenvalue weighted by molar-refractivity contribution is 6.66. The van der Waals surface area contributed by atoms with Crippen LogP contribution in [0.1, 0.15) is 12.5 Å². The first-order chi connectivity index (χ1) is 10.1. The smallest absolute Gasteiger partial charge is 0.493 e. The zero-order valence-corrected chi connectivity index (χ0v) is 12.4. The molecule has 0 aliphatic rings. The Labute approximate surface area is 127 Å². The third-order valence-electron chi connectivity index (χ3n) is 2.27. The maximum atomic E-state index is 11.3. The summed E-state index contributed by atoms with van der Waals surface area (Å²) < 4.78 is 14.8. The molecule has 0 saturated carbocycles. The average Bonchev–Trinajstić information content (AvgIpc) is 2.45. The molecule has 0 fully saturated rings. The molecular weight excluding hydrogens is 296 g/mol. The molecule has 0 spiro atoms. The van der Waals surface area contributed by atoms with Crippen molar-refractivity contribution in [3.05, 3.63) is 42.0 Å². The molecule has 5 nitrogen and oxygen atoms in total. The monoisotopic (exact) mass is 310 g/mol. The minimum atomic E-state index is -0.789. The van der Waals surface area contributed by atoms with Gasteiger partial charge in [-0.3, -0.25) is 4.79 Å². The molecule has 1 aromatic rings. The maximum Gasteiger partial charge on any atom is 0.513 e. The Hall–Kier alpha value is -2.27. The minimum absolute atomic E-state index is 0.230. The lowest BCUT2D eigenvalue weighted by atomic mass is 10.2. The largest absolute Gasteiger partial charge is 0.513 e. The van der Waals surface area contributed by atoms with E-state index in [9.17, 15) is 9.59 Å². The Morgan fingerprint density at radius 3 is 2.62 bits per heavy atom. The van der Waals surface area contributed by atoms with E-state index in [4.69, 9.17) is 25.8 Å². The molecule has 6 heteroatoms. The molecule has 0 bridgehead atoms. The third-order valence-corrected chi connectivity index (χ3v) is 2.40. The number of carbonyl (C=O) groups is 2. The third kappa shape index (κ3) is 6.14. The predicted octanol–water partition coefficient (Wildman–Crippen LogP) is 3.57. The van der Waals surface area contributed by atoms with E-state index in [0.29, 0.717) is 5.75 Å². The summed E-state index contributed by atoms with van der Waals surface area (Å²) in [6.45, 7) is 1.92. The molecule has 21 heavy (non-hydrogen) atoms. The zero-order valence-electron chi connectivity index (χ0n) is 11.7. The first-order valence-corrected chi connectivity index (χ1v) is 6.51. The Morgan fingerprint density at radius 1 is 1.24 bits per heavy atom.